The van der Waals surface area contributed by atoms with Gasteiger partial charge in [-0.25, -0.2) is 0 Å². The molecule has 0 bridgehead atoms. The van der Waals surface area contributed by atoms with E-state index in [0.717, 1.165) is 0 Å². The zero-order valence-electron chi connectivity index (χ0n) is 8.75. The maximum absolute atomic E-state index is 10.5. The van der Waals surface area contributed by atoms with Gasteiger partial charge in [-0.3, -0.25) is 15.1 Å². The van der Waals surface area contributed by atoms with Crippen molar-refractivity contribution >= 4 is 5.69 Å². The number of hydrogen-bond acceptors (Lipinski definition) is 4. The third-order valence-corrected chi connectivity index (χ3v) is 2.20. The van der Waals surface area contributed by atoms with Crippen molar-refractivity contribution in [3.05, 3.63) is 34.1 Å². The number of rotatable bonds is 4. The first-order valence-electron chi connectivity index (χ1n) is 4.78. The van der Waals surface area contributed by atoms with Gasteiger partial charge >= 0.3 is 0 Å². The highest BCUT2D eigenvalue weighted by Crippen LogP contribution is 2.14. The van der Waals surface area contributed by atoms with Gasteiger partial charge in [-0.2, -0.15) is 0 Å². The molecule has 0 saturated carbocycles. The smallest absolute Gasteiger partial charge is 0.272 e. The molecule has 0 spiro atoms. The summed E-state index contributed by atoms with van der Waals surface area (Å²) >= 11 is 0. The monoisotopic (exact) mass is 210 g/mol. The maximum atomic E-state index is 10.5. The van der Waals surface area contributed by atoms with E-state index in [0.29, 0.717) is 12.1 Å². The molecule has 0 radical (unpaired) electrons. The first kappa shape index (κ1) is 11.6. The standard InChI is InChI=1S/C10H14N2O3/c1-7(2)10(13)6-8-5-9(12(14)15)3-4-11-8/h3-5,7,10,13H,6H2,1-2H3. The van der Waals surface area contributed by atoms with Crippen molar-refractivity contribution < 1.29 is 10.0 Å². The van der Waals surface area contributed by atoms with E-state index >= 15 is 0 Å². The molecular weight excluding hydrogens is 196 g/mol. The van der Waals surface area contributed by atoms with E-state index in [-0.39, 0.29) is 11.6 Å². The molecule has 0 aromatic carbocycles. The molecule has 0 saturated heterocycles. The second kappa shape index (κ2) is 4.84. The lowest BCUT2D eigenvalue weighted by atomic mass is 10.0. The van der Waals surface area contributed by atoms with Gasteiger partial charge in [0.1, 0.15) is 0 Å². The molecule has 15 heavy (non-hydrogen) atoms. The quantitative estimate of drug-likeness (QED) is 0.604. The Balaban J connectivity index is 2.78. The summed E-state index contributed by atoms with van der Waals surface area (Å²) in [6.07, 6.45) is 1.22. The van der Waals surface area contributed by atoms with Crippen LogP contribution in [0.25, 0.3) is 0 Å². The van der Waals surface area contributed by atoms with Crippen molar-refractivity contribution in [3.63, 3.8) is 0 Å². The molecule has 0 aliphatic carbocycles. The van der Waals surface area contributed by atoms with Crippen molar-refractivity contribution in [2.75, 3.05) is 0 Å². The molecule has 1 N–H and O–H groups in total. The Morgan fingerprint density at radius 3 is 2.80 bits per heavy atom. The molecule has 0 fully saturated rings. The highest BCUT2D eigenvalue weighted by atomic mass is 16.6. The van der Waals surface area contributed by atoms with Crippen LogP contribution < -0.4 is 0 Å². The van der Waals surface area contributed by atoms with Gasteiger partial charge in [-0.05, 0) is 5.92 Å². The molecule has 82 valence electrons. The van der Waals surface area contributed by atoms with Gasteiger partial charge in [0, 0.05) is 30.4 Å². The first-order chi connectivity index (χ1) is 7.00. The van der Waals surface area contributed by atoms with Crippen LogP contribution in [0.1, 0.15) is 19.5 Å². The Morgan fingerprint density at radius 1 is 1.60 bits per heavy atom. The molecule has 1 aromatic heterocycles. The highest BCUT2D eigenvalue weighted by Gasteiger charge is 2.13. The first-order valence-corrected chi connectivity index (χ1v) is 4.78. The lowest BCUT2D eigenvalue weighted by molar-refractivity contribution is -0.385. The minimum atomic E-state index is -0.514. The minimum absolute atomic E-state index is 0.0101. The summed E-state index contributed by atoms with van der Waals surface area (Å²) in [6, 6.07) is 2.73. The fourth-order valence-electron chi connectivity index (χ4n) is 1.14. The molecule has 5 nitrogen and oxygen atoms in total. The maximum Gasteiger partial charge on any atom is 0.272 e. The summed E-state index contributed by atoms with van der Waals surface area (Å²) in [5.74, 6) is 0.117. The van der Waals surface area contributed by atoms with Gasteiger partial charge in [0.25, 0.3) is 5.69 Å². The number of nitro groups is 1. The molecule has 1 atom stereocenters. The average molecular weight is 210 g/mol. The molecule has 0 aliphatic heterocycles. The Bertz CT molecular complexity index is 352. The second-order valence-corrected chi connectivity index (χ2v) is 3.78. The van der Waals surface area contributed by atoms with Crippen molar-refractivity contribution in [1.29, 1.82) is 0 Å². The summed E-state index contributed by atoms with van der Waals surface area (Å²) in [5.41, 5.74) is 0.557. The molecule has 0 aliphatic rings. The van der Waals surface area contributed by atoms with Crippen LogP contribution >= 0.6 is 0 Å². The van der Waals surface area contributed by atoms with E-state index in [1.807, 2.05) is 13.8 Å². The van der Waals surface area contributed by atoms with Crippen LogP contribution in [0.15, 0.2) is 18.3 Å². The van der Waals surface area contributed by atoms with Crippen LogP contribution in [-0.2, 0) is 6.42 Å². The largest absolute Gasteiger partial charge is 0.392 e. The van der Waals surface area contributed by atoms with E-state index in [2.05, 4.69) is 4.98 Å². The number of aliphatic hydroxyl groups excluding tert-OH is 1. The SMILES string of the molecule is CC(C)C(O)Cc1cc([N+](=O)[O-])ccn1. The van der Waals surface area contributed by atoms with Crippen LogP contribution in [0.4, 0.5) is 5.69 Å². The van der Waals surface area contributed by atoms with Crippen LogP contribution in [0, 0.1) is 16.0 Å². The van der Waals surface area contributed by atoms with E-state index in [1.54, 1.807) is 0 Å². The van der Waals surface area contributed by atoms with E-state index in [1.165, 1.54) is 18.3 Å². The summed E-state index contributed by atoms with van der Waals surface area (Å²) in [6.45, 7) is 3.78. The predicted molar refractivity (Wildman–Crippen MR) is 55.4 cm³/mol. The van der Waals surface area contributed by atoms with Crippen molar-refractivity contribution in [1.82, 2.24) is 4.98 Å². The Morgan fingerprint density at radius 2 is 2.27 bits per heavy atom. The Kier molecular flexibility index (Phi) is 3.74. The summed E-state index contributed by atoms with van der Waals surface area (Å²) in [4.78, 5) is 14.0. The van der Waals surface area contributed by atoms with Crippen LogP contribution in [-0.4, -0.2) is 21.1 Å². The molecule has 1 unspecified atom stereocenters. The molecular formula is C10H14N2O3. The second-order valence-electron chi connectivity index (χ2n) is 3.78. The number of aromatic nitrogens is 1. The summed E-state index contributed by atoms with van der Waals surface area (Å²) in [7, 11) is 0. The van der Waals surface area contributed by atoms with Gasteiger partial charge < -0.3 is 5.11 Å². The van der Waals surface area contributed by atoms with E-state index in [4.69, 9.17) is 0 Å². The molecule has 1 rings (SSSR count). The van der Waals surface area contributed by atoms with Crippen molar-refractivity contribution in [2.45, 2.75) is 26.4 Å². The van der Waals surface area contributed by atoms with Crippen LogP contribution in [0.5, 0.6) is 0 Å². The van der Waals surface area contributed by atoms with Crippen molar-refractivity contribution in [3.8, 4) is 0 Å². The topological polar surface area (TPSA) is 76.3 Å². The van der Waals surface area contributed by atoms with E-state index in [9.17, 15) is 15.2 Å². The fourth-order valence-corrected chi connectivity index (χ4v) is 1.14. The Hall–Kier alpha value is -1.49. The average Bonchev–Trinajstić information content (AvgIpc) is 2.18. The van der Waals surface area contributed by atoms with Gasteiger partial charge in [-0.15, -0.1) is 0 Å². The van der Waals surface area contributed by atoms with Crippen molar-refractivity contribution in [2.24, 2.45) is 5.92 Å². The van der Waals surface area contributed by atoms with Gasteiger partial charge in [0.05, 0.1) is 11.0 Å². The third-order valence-electron chi connectivity index (χ3n) is 2.20. The third kappa shape index (κ3) is 3.28. The lowest BCUT2D eigenvalue weighted by Crippen LogP contribution is -2.18. The normalized spacial score (nSPS) is 12.8. The molecule has 0 amide bonds. The van der Waals surface area contributed by atoms with E-state index < -0.39 is 11.0 Å². The van der Waals surface area contributed by atoms with Gasteiger partial charge in [0.2, 0.25) is 0 Å². The Labute approximate surface area is 87.9 Å². The van der Waals surface area contributed by atoms with Crippen LogP contribution in [0.3, 0.4) is 0 Å². The highest BCUT2D eigenvalue weighted by molar-refractivity contribution is 5.29. The molecule has 5 heteroatoms. The lowest BCUT2D eigenvalue weighted by Gasteiger charge is -2.13. The zero-order chi connectivity index (χ0) is 11.4. The minimum Gasteiger partial charge on any atom is -0.392 e. The predicted octanol–water partition coefficient (Wildman–Crippen LogP) is 1.55. The number of nitrogens with zero attached hydrogens (tertiary/aromatic N) is 2. The van der Waals surface area contributed by atoms with Crippen LogP contribution in [0.2, 0.25) is 0 Å². The summed E-state index contributed by atoms with van der Waals surface area (Å²) in [5, 5.41) is 20.1. The van der Waals surface area contributed by atoms with Gasteiger partial charge in [-0.1, -0.05) is 13.8 Å². The molecule has 1 aromatic rings. The number of pyridine rings is 1. The van der Waals surface area contributed by atoms with Gasteiger partial charge in [0.15, 0.2) is 0 Å². The fraction of sp³-hybridized carbons (Fsp3) is 0.500. The number of aliphatic hydroxyl groups is 1. The number of hydrogen-bond donors (Lipinski definition) is 1. The summed E-state index contributed by atoms with van der Waals surface area (Å²) < 4.78 is 0. The molecule has 1 heterocycles. The zero-order valence-corrected chi connectivity index (χ0v) is 8.75.